The molecular formula is C41H49F2N5O5S. The van der Waals surface area contributed by atoms with E-state index in [1.165, 1.54) is 30.3 Å². The van der Waals surface area contributed by atoms with Crippen LogP contribution in [0, 0.1) is 17.7 Å². The molecule has 3 heterocycles. The number of carbonyl (C=O) groups excluding carboxylic acids is 1. The lowest BCUT2D eigenvalue weighted by Gasteiger charge is -2.54. The Morgan fingerprint density at radius 1 is 0.907 bits per heavy atom. The number of amides is 2. The van der Waals surface area contributed by atoms with Crippen LogP contribution in [0.2, 0.25) is 0 Å². The summed E-state index contributed by atoms with van der Waals surface area (Å²) in [6.07, 6.45) is 5.35. The van der Waals surface area contributed by atoms with Crippen molar-refractivity contribution in [3.8, 4) is 0 Å². The third-order valence-electron chi connectivity index (χ3n) is 12.2. The van der Waals surface area contributed by atoms with E-state index in [1.54, 1.807) is 36.4 Å². The smallest absolute Gasteiger partial charge is 0.404 e. The van der Waals surface area contributed by atoms with Crippen molar-refractivity contribution < 1.29 is 31.9 Å². The molecule has 4 fully saturated rings. The summed E-state index contributed by atoms with van der Waals surface area (Å²) in [5, 5.41) is 15.1. The number of anilines is 2. The predicted octanol–water partition coefficient (Wildman–Crippen LogP) is 6.10. The average molecular weight is 762 g/mol. The molecule has 1 aliphatic carbocycles. The van der Waals surface area contributed by atoms with Crippen molar-refractivity contribution >= 4 is 33.2 Å². The molecule has 0 aromatic heterocycles. The number of piperidine rings is 1. The fourth-order valence-electron chi connectivity index (χ4n) is 9.52. The van der Waals surface area contributed by atoms with Crippen molar-refractivity contribution in [2.24, 2.45) is 11.8 Å². The molecule has 3 aliphatic heterocycles. The normalized spacial score (nSPS) is 23.1. The molecule has 2 amide bonds. The summed E-state index contributed by atoms with van der Waals surface area (Å²) in [5.74, 6) is -0.530. The number of sulfone groups is 1. The third kappa shape index (κ3) is 7.76. The number of nitrogens with zero attached hydrogens (tertiary/aromatic N) is 3. The Morgan fingerprint density at radius 2 is 1.63 bits per heavy atom. The maximum absolute atomic E-state index is 16.2. The van der Waals surface area contributed by atoms with Crippen LogP contribution in [-0.4, -0.2) is 99.4 Å². The van der Waals surface area contributed by atoms with E-state index in [1.807, 2.05) is 11.0 Å². The number of hydrogen-bond donors (Lipinski definition) is 3. The van der Waals surface area contributed by atoms with Gasteiger partial charge in [-0.15, -0.1) is 0 Å². The van der Waals surface area contributed by atoms with E-state index in [2.05, 4.69) is 27.0 Å². The van der Waals surface area contributed by atoms with Gasteiger partial charge in [-0.2, -0.15) is 0 Å². The summed E-state index contributed by atoms with van der Waals surface area (Å²) in [6, 6.07) is 19.2. The molecule has 0 radical (unpaired) electrons. The maximum atomic E-state index is 16.2. The van der Waals surface area contributed by atoms with Crippen LogP contribution in [-0.2, 0) is 20.0 Å². The molecule has 3 atom stereocenters. The Hall–Kier alpha value is -4.33. The van der Waals surface area contributed by atoms with Crippen LogP contribution in [0.1, 0.15) is 44.1 Å². The van der Waals surface area contributed by atoms with Gasteiger partial charge >= 0.3 is 6.09 Å². The fourth-order valence-corrected chi connectivity index (χ4v) is 10.8. The van der Waals surface area contributed by atoms with Crippen LogP contribution in [0.15, 0.2) is 95.2 Å². The second kappa shape index (κ2) is 15.4. The lowest BCUT2D eigenvalue weighted by Crippen LogP contribution is -2.65. The van der Waals surface area contributed by atoms with Crippen molar-refractivity contribution in [1.29, 1.82) is 0 Å². The second-order valence-electron chi connectivity index (χ2n) is 15.5. The summed E-state index contributed by atoms with van der Waals surface area (Å²) in [6.45, 7) is 8.19. The number of carbonyl (C=O) groups is 2. The molecule has 13 heteroatoms. The Balaban J connectivity index is 1.01. The van der Waals surface area contributed by atoms with Crippen molar-refractivity contribution in [2.75, 3.05) is 62.6 Å². The molecule has 1 saturated carbocycles. The zero-order valence-corrected chi connectivity index (χ0v) is 31.2. The Labute approximate surface area is 316 Å². The average Bonchev–Trinajstić information content (AvgIpc) is 3.58. The Morgan fingerprint density at radius 3 is 2.28 bits per heavy atom. The maximum Gasteiger partial charge on any atom is 0.404 e. The zero-order chi connectivity index (χ0) is 38.1. The summed E-state index contributed by atoms with van der Waals surface area (Å²) < 4.78 is 57.9. The van der Waals surface area contributed by atoms with Crippen molar-refractivity contribution in [2.45, 2.75) is 65.4 Å². The van der Waals surface area contributed by atoms with Crippen LogP contribution in [0.3, 0.4) is 0 Å². The molecule has 1 unspecified atom stereocenters. The quantitative estimate of drug-likeness (QED) is 0.179. The summed E-state index contributed by atoms with van der Waals surface area (Å²) in [5.41, 5.74) is 0.156. The van der Waals surface area contributed by atoms with E-state index in [0.717, 1.165) is 75.5 Å². The molecule has 7 rings (SSSR count). The monoisotopic (exact) mass is 761 g/mol. The molecular weight excluding hydrogens is 713 g/mol. The van der Waals surface area contributed by atoms with E-state index >= 15 is 4.39 Å². The summed E-state index contributed by atoms with van der Waals surface area (Å²) in [4.78, 5) is 30.3. The van der Waals surface area contributed by atoms with Gasteiger partial charge in [0.25, 0.3) is 0 Å². The molecule has 288 valence electrons. The molecule has 0 spiro atoms. The first-order chi connectivity index (χ1) is 25.9. The lowest BCUT2D eigenvalue weighted by atomic mass is 9.57. The van der Waals surface area contributed by atoms with Gasteiger partial charge in [-0.05, 0) is 136 Å². The number of halogens is 2. The van der Waals surface area contributed by atoms with E-state index in [9.17, 15) is 27.5 Å². The number of benzene rings is 3. The topological polar surface area (TPSA) is 122 Å². The Bertz CT molecular complexity index is 1960. The highest BCUT2D eigenvalue weighted by molar-refractivity contribution is 7.91. The molecule has 3 N–H and O–H groups in total. The molecule has 3 aromatic carbocycles. The number of carboxylic acid groups (broad SMARTS) is 1. The van der Waals surface area contributed by atoms with Gasteiger partial charge in [0.2, 0.25) is 15.7 Å². The van der Waals surface area contributed by atoms with Crippen molar-refractivity contribution in [3.63, 3.8) is 0 Å². The number of hydrogen-bond acceptors (Lipinski definition) is 7. The number of likely N-dealkylation sites (tertiary alicyclic amines) is 2. The zero-order valence-electron chi connectivity index (χ0n) is 30.4. The van der Waals surface area contributed by atoms with Gasteiger partial charge in [-0.1, -0.05) is 31.2 Å². The predicted molar refractivity (Wildman–Crippen MR) is 204 cm³/mol. The van der Waals surface area contributed by atoms with Gasteiger partial charge in [-0.3, -0.25) is 9.69 Å². The van der Waals surface area contributed by atoms with Crippen LogP contribution in [0.5, 0.6) is 0 Å². The highest BCUT2D eigenvalue weighted by Crippen LogP contribution is 2.51. The first-order valence-electron chi connectivity index (χ1n) is 18.9. The highest BCUT2D eigenvalue weighted by Gasteiger charge is 2.53. The minimum atomic E-state index is -3.86. The van der Waals surface area contributed by atoms with Gasteiger partial charge in [0.05, 0.1) is 22.9 Å². The first kappa shape index (κ1) is 38.0. The standard InChI is InChI=1S/C41H49F2N5O5S/c1-2-38(49)44-32-9-4-10-35(24-32)54(52,53)34-15-13-33(14-16-34)48-26-40(43,27-48)25-47-21-17-29(18-22-47)41(28-46-19-6-20-46,30-7-3-8-31(42)23-30)36-11-5-12-37(36)45-39(50)51/h2-4,7-10,13-16,23-24,29,36-37,45H,1,5-6,11-12,17-22,25-28H2,(H,44,49)(H,50,51)/t36-,37-,41?/m0/s1. The summed E-state index contributed by atoms with van der Waals surface area (Å²) >= 11 is 0. The minimum absolute atomic E-state index is 0.0248. The van der Waals surface area contributed by atoms with Crippen LogP contribution in [0.4, 0.5) is 25.0 Å². The van der Waals surface area contributed by atoms with E-state index in [4.69, 9.17) is 0 Å². The SMILES string of the molecule is C=CC(=O)Nc1cccc(S(=O)(=O)c2ccc(N3CC(F)(CN4CCC(C(CN5CCC5)(c5cccc(F)c5)[C@H]5CCC[C@@H]5NC(=O)O)CC4)C3)cc2)c1. The second-order valence-corrected chi connectivity index (χ2v) is 17.5. The fraction of sp³-hybridized carbons (Fsp3) is 0.463. The molecule has 3 aromatic rings. The highest BCUT2D eigenvalue weighted by atomic mass is 32.2. The minimum Gasteiger partial charge on any atom is -0.465 e. The van der Waals surface area contributed by atoms with Gasteiger partial charge in [-0.25, -0.2) is 22.0 Å². The molecule has 10 nitrogen and oxygen atoms in total. The molecule has 3 saturated heterocycles. The largest absolute Gasteiger partial charge is 0.465 e. The van der Waals surface area contributed by atoms with E-state index in [-0.39, 0.29) is 53.1 Å². The van der Waals surface area contributed by atoms with Gasteiger partial charge in [0.1, 0.15) is 5.82 Å². The third-order valence-corrected chi connectivity index (χ3v) is 13.9. The molecule has 54 heavy (non-hydrogen) atoms. The number of nitrogens with one attached hydrogen (secondary N) is 2. The van der Waals surface area contributed by atoms with Gasteiger partial charge in [0, 0.05) is 35.9 Å². The van der Waals surface area contributed by atoms with Crippen LogP contribution < -0.4 is 15.5 Å². The van der Waals surface area contributed by atoms with Crippen molar-refractivity contribution in [3.05, 3.63) is 96.8 Å². The van der Waals surface area contributed by atoms with E-state index in [0.29, 0.717) is 18.8 Å². The van der Waals surface area contributed by atoms with E-state index < -0.39 is 32.9 Å². The Kier molecular flexibility index (Phi) is 10.8. The van der Waals surface area contributed by atoms with Gasteiger partial charge < -0.3 is 25.5 Å². The van der Waals surface area contributed by atoms with Crippen LogP contribution in [0.25, 0.3) is 0 Å². The molecule has 4 aliphatic rings. The van der Waals surface area contributed by atoms with Gasteiger partial charge in [0.15, 0.2) is 5.67 Å². The molecule has 0 bridgehead atoms. The first-order valence-corrected chi connectivity index (χ1v) is 20.4. The number of rotatable bonds is 13. The summed E-state index contributed by atoms with van der Waals surface area (Å²) in [7, 11) is -3.86. The van der Waals surface area contributed by atoms with Crippen LogP contribution >= 0.6 is 0 Å². The lowest BCUT2D eigenvalue weighted by molar-refractivity contribution is -0.111. The number of alkyl halides is 1. The van der Waals surface area contributed by atoms with Crippen molar-refractivity contribution in [1.82, 2.24) is 15.1 Å².